The van der Waals surface area contributed by atoms with Crippen molar-refractivity contribution < 1.29 is 0 Å². The first-order valence-corrected chi connectivity index (χ1v) is 7.64. The van der Waals surface area contributed by atoms with E-state index in [-0.39, 0.29) is 6.04 Å². The molecule has 0 aliphatic carbocycles. The first kappa shape index (κ1) is 14.5. The van der Waals surface area contributed by atoms with Crippen LogP contribution in [0.1, 0.15) is 24.4 Å². The summed E-state index contributed by atoms with van der Waals surface area (Å²) in [5, 5.41) is 16.4. The van der Waals surface area contributed by atoms with Crippen molar-refractivity contribution in [2.75, 3.05) is 18.6 Å². The number of pyridine rings is 1. The van der Waals surface area contributed by atoms with E-state index in [0.29, 0.717) is 11.4 Å². The molecule has 0 aliphatic rings. The second-order valence-electron chi connectivity index (χ2n) is 4.22. The van der Waals surface area contributed by atoms with E-state index in [1.54, 1.807) is 28.6 Å². The lowest BCUT2D eigenvalue weighted by molar-refractivity contribution is 0.550. The minimum atomic E-state index is 0.0853. The van der Waals surface area contributed by atoms with E-state index in [0.717, 1.165) is 18.1 Å². The zero-order valence-corrected chi connectivity index (χ0v) is 12.3. The highest BCUT2D eigenvalue weighted by Crippen LogP contribution is 2.13. The quantitative estimate of drug-likeness (QED) is 0.812. The molecule has 6 nitrogen and oxygen atoms in total. The van der Waals surface area contributed by atoms with Gasteiger partial charge >= 0.3 is 0 Å². The zero-order valence-electron chi connectivity index (χ0n) is 11.4. The molecule has 0 fully saturated rings. The van der Waals surface area contributed by atoms with Crippen LogP contribution >= 0.6 is 11.8 Å². The molecular weight excluding hydrogens is 272 g/mol. The zero-order chi connectivity index (χ0) is 14.4. The molecule has 2 aromatic rings. The van der Waals surface area contributed by atoms with E-state index >= 15 is 0 Å². The lowest BCUT2D eigenvalue weighted by Gasteiger charge is -2.13. The van der Waals surface area contributed by atoms with Crippen LogP contribution in [0.4, 0.5) is 0 Å². The average Bonchev–Trinajstić information content (AvgIpc) is 2.97. The summed E-state index contributed by atoms with van der Waals surface area (Å²) in [6.45, 7) is 2.96. The maximum Gasteiger partial charge on any atom is 0.155 e. The summed E-state index contributed by atoms with van der Waals surface area (Å²) >= 11 is 1.80. The van der Waals surface area contributed by atoms with Crippen LogP contribution in [-0.4, -0.2) is 38.3 Å². The molecular formula is C13H16N6S. The Balaban J connectivity index is 2.17. The normalized spacial score (nSPS) is 12.1. The molecule has 0 spiro atoms. The summed E-state index contributed by atoms with van der Waals surface area (Å²) < 4.78 is 1.69. The molecule has 0 aliphatic heterocycles. The van der Waals surface area contributed by atoms with E-state index in [1.807, 2.05) is 13.0 Å². The fourth-order valence-electron chi connectivity index (χ4n) is 1.77. The Bertz CT molecular complexity index is 586. The van der Waals surface area contributed by atoms with Crippen LogP contribution in [0.15, 0.2) is 24.7 Å². The third kappa shape index (κ3) is 3.35. The van der Waals surface area contributed by atoms with Crippen molar-refractivity contribution in [3.63, 3.8) is 0 Å². The number of nitrogens with zero attached hydrogens (tertiary/aromatic N) is 5. The Labute approximate surface area is 122 Å². The van der Waals surface area contributed by atoms with Crippen molar-refractivity contribution in [3.05, 3.63) is 36.0 Å². The highest BCUT2D eigenvalue weighted by atomic mass is 32.2. The summed E-state index contributed by atoms with van der Waals surface area (Å²) in [5.74, 6) is 2.52. The molecule has 1 unspecified atom stereocenters. The smallest absolute Gasteiger partial charge is 0.155 e. The minimum Gasteiger partial charge on any atom is -0.307 e. The highest BCUT2D eigenvalue weighted by Gasteiger charge is 2.14. The summed E-state index contributed by atoms with van der Waals surface area (Å²) in [4.78, 5) is 8.53. The van der Waals surface area contributed by atoms with Gasteiger partial charge in [0.1, 0.15) is 12.4 Å². The van der Waals surface area contributed by atoms with Crippen LogP contribution < -0.4 is 5.32 Å². The standard InChI is InChI=1S/C13H16N6S/c1-10(15-5-6-20-2)13-17-9-18-19(13)12-4-3-11(7-14)8-16-12/h3-4,8-10,15H,5-6H2,1-2H3. The van der Waals surface area contributed by atoms with Gasteiger partial charge in [-0.25, -0.2) is 9.97 Å². The van der Waals surface area contributed by atoms with Crippen molar-refractivity contribution >= 4 is 11.8 Å². The summed E-state index contributed by atoms with van der Waals surface area (Å²) in [6.07, 6.45) is 5.13. The molecule has 1 N–H and O–H groups in total. The molecule has 2 rings (SSSR count). The van der Waals surface area contributed by atoms with Gasteiger partial charge in [-0.3, -0.25) is 0 Å². The Morgan fingerprint density at radius 3 is 2.95 bits per heavy atom. The lowest BCUT2D eigenvalue weighted by Crippen LogP contribution is -2.24. The van der Waals surface area contributed by atoms with Crippen molar-refractivity contribution in [2.24, 2.45) is 0 Å². The Morgan fingerprint density at radius 2 is 2.30 bits per heavy atom. The number of hydrogen-bond acceptors (Lipinski definition) is 6. The maximum atomic E-state index is 8.79. The molecule has 0 saturated carbocycles. The topological polar surface area (TPSA) is 79.4 Å². The molecule has 0 radical (unpaired) electrons. The molecule has 0 saturated heterocycles. The van der Waals surface area contributed by atoms with Crippen molar-refractivity contribution in [2.45, 2.75) is 13.0 Å². The largest absolute Gasteiger partial charge is 0.307 e. The van der Waals surface area contributed by atoms with Crippen LogP contribution in [-0.2, 0) is 0 Å². The fraction of sp³-hybridized carbons (Fsp3) is 0.385. The maximum absolute atomic E-state index is 8.79. The number of rotatable bonds is 6. The SMILES string of the molecule is CSCCNC(C)c1ncnn1-c1ccc(C#N)cn1. The fourth-order valence-corrected chi connectivity index (χ4v) is 2.09. The first-order chi connectivity index (χ1) is 9.76. The molecule has 20 heavy (non-hydrogen) atoms. The highest BCUT2D eigenvalue weighted by molar-refractivity contribution is 7.98. The number of hydrogen-bond donors (Lipinski definition) is 1. The van der Waals surface area contributed by atoms with Gasteiger partial charge in [0.2, 0.25) is 0 Å². The molecule has 2 aromatic heterocycles. The van der Waals surface area contributed by atoms with Crippen molar-refractivity contribution in [1.82, 2.24) is 25.1 Å². The third-order valence-electron chi connectivity index (χ3n) is 2.81. The molecule has 2 heterocycles. The first-order valence-electron chi connectivity index (χ1n) is 6.25. The van der Waals surface area contributed by atoms with Crippen LogP contribution in [0.25, 0.3) is 5.82 Å². The second kappa shape index (κ2) is 7.03. The Kier molecular flexibility index (Phi) is 5.09. The van der Waals surface area contributed by atoms with Gasteiger partial charge in [-0.15, -0.1) is 0 Å². The molecule has 7 heteroatoms. The van der Waals surface area contributed by atoms with Crippen molar-refractivity contribution in [1.29, 1.82) is 5.26 Å². The third-order valence-corrected chi connectivity index (χ3v) is 3.42. The van der Waals surface area contributed by atoms with E-state index in [2.05, 4.69) is 26.6 Å². The number of nitrogens with one attached hydrogen (secondary N) is 1. The summed E-state index contributed by atoms with van der Waals surface area (Å²) in [6, 6.07) is 5.63. The van der Waals surface area contributed by atoms with E-state index in [4.69, 9.17) is 5.26 Å². The number of thioether (sulfide) groups is 1. The Morgan fingerprint density at radius 1 is 1.45 bits per heavy atom. The lowest BCUT2D eigenvalue weighted by atomic mass is 10.3. The van der Waals surface area contributed by atoms with E-state index < -0.39 is 0 Å². The van der Waals surface area contributed by atoms with Crippen LogP contribution in [0, 0.1) is 11.3 Å². The molecule has 1 atom stereocenters. The van der Waals surface area contributed by atoms with Gasteiger partial charge in [-0.1, -0.05) is 0 Å². The number of aromatic nitrogens is 4. The van der Waals surface area contributed by atoms with Crippen LogP contribution in [0.5, 0.6) is 0 Å². The Hall–Kier alpha value is -1.91. The van der Waals surface area contributed by atoms with Gasteiger partial charge in [0.05, 0.1) is 11.6 Å². The average molecular weight is 288 g/mol. The second-order valence-corrected chi connectivity index (χ2v) is 5.20. The van der Waals surface area contributed by atoms with Gasteiger partial charge in [-0.05, 0) is 25.3 Å². The van der Waals surface area contributed by atoms with Gasteiger partial charge < -0.3 is 5.32 Å². The predicted octanol–water partition coefficient (Wildman–Crippen LogP) is 1.55. The summed E-state index contributed by atoms with van der Waals surface area (Å²) in [7, 11) is 0. The molecule has 0 aromatic carbocycles. The molecule has 0 bridgehead atoms. The van der Waals surface area contributed by atoms with Gasteiger partial charge in [0, 0.05) is 18.5 Å². The van der Waals surface area contributed by atoms with Gasteiger partial charge in [0.15, 0.2) is 11.6 Å². The van der Waals surface area contributed by atoms with Crippen LogP contribution in [0.2, 0.25) is 0 Å². The summed E-state index contributed by atoms with van der Waals surface area (Å²) in [5.41, 5.74) is 0.529. The molecule has 104 valence electrons. The van der Waals surface area contributed by atoms with Gasteiger partial charge in [0.25, 0.3) is 0 Å². The van der Waals surface area contributed by atoms with Crippen molar-refractivity contribution in [3.8, 4) is 11.9 Å². The minimum absolute atomic E-state index is 0.0853. The van der Waals surface area contributed by atoms with Gasteiger partial charge in [-0.2, -0.15) is 26.8 Å². The predicted molar refractivity (Wildman–Crippen MR) is 78.7 cm³/mol. The molecule has 0 amide bonds. The monoisotopic (exact) mass is 288 g/mol. The van der Waals surface area contributed by atoms with Crippen LogP contribution in [0.3, 0.4) is 0 Å². The number of nitriles is 1. The van der Waals surface area contributed by atoms with E-state index in [9.17, 15) is 0 Å². The van der Waals surface area contributed by atoms with E-state index in [1.165, 1.54) is 12.5 Å².